The van der Waals surface area contributed by atoms with Crippen LogP contribution in [0.4, 0.5) is 16.2 Å². The average molecular weight is 329 g/mol. The van der Waals surface area contributed by atoms with Crippen LogP contribution < -0.4 is 20.3 Å². The fraction of sp³-hybridized carbons (Fsp3) is 0.312. The number of hydrogen-bond donors (Lipinski definition) is 2. The third kappa shape index (κ3) is 3.65. The van der Waals surface area contributed by atoms with Gasteiger partial charge in [-0.2, -0.15) is 0 Å². The molecule has 0 saturated heterocycles. The summed E-state index contributed by atoms with van der Waals surface area (Å²) in [6.45, 7) is 1.36. The van der Waals surface area contributed by atoms with Crippen molar-refractivity contribution in [3.63, 3.8) is 0 Å². The molecule has 0 unspecified atom stereocenters. The lowest BCUT2D eigenvalue weighted by Gasteiger charge is -2.26. The molecule has 8 heteroatoms. The van der Waals surface area contributed by atoms with Crippen molar-refractivity contribution < 1.29 is 14.3 Å². The fourth-order valence-corrected chi connectivity index (χ4v) is 2.41. The molecule has 0 fully saturated rings. The quantitative estimate of drug-likeness (QED) is 0.813. The number of benzene rings is 1. The molecular weight excluding hydrogens is 310 g/mol. The van der Waals surface area contributed by atoms with E-state index in [0.717, 1.165) is 13.0 Å². The number of ether oxygens (including phenoxy) is 1. The van der Waals surface area contributed by atoms with Gasteiger partial charge in [-0.25, -0.2) is 9.78 Å². The summed E-state index contributed by atoms with van der Waals surface area (Å²) in [6.07, 6.45) is 6.16. The Balaban J connectivity index is 1.49. The maximum atomic E-state index is 11.9. The second-order valence-corrected chi connectivity index (χ2v) is 5.46. The van der Waals surface area contributed by atoms with E-state index in [1.807, 2.05) is 10.8 Å². The van der Waals surface area contributed by atoms with Crippen molar-refractivity contribution in [2.45, 2.75) is 13.0 Å². The van der Waals surface area contributed by atoms with E-state index in [-0.39, 0.29) is 18.5 Å². The predicted molar refractivity (Wildman–Crippen MR) is 89.2 cm³/mol. The molecule has 8 nitrogen and oxygen atoms in total. The Labute approximate surface area is 139 Å². The van der Waals surface area contributed by atoms with E-state index in [2.05, 4.69) is 15.6 Å². The Morgan fingerprint density at radius 2 is 2.29 bits per heavy atom. The third-order valence-electron chi connectivity index (χ3n) is 3.74. The fourth-order valence-electron chi connectivity index (χ4n) is 2.41. The minimum atomic E-state index is -0.277. The molecule has 0 aliphatic carbocycles. The van der Waals surface area contributed by atoms with Gasteiger partial charge in [0, 0.05) is 44.3 Å². The van der Waals surface area contributed by atoms with Crippen LogP contribution in [-0.2, 0) is 11.3 Å². The Hall–Kier alpha value is -3.03. The first kappa shape index (κ1) is 15.9. The maximum Gasteiger partial charge on any atom is 0.319 e. The summed E-state index contributed by atoms with van der Waals surface area (Å²) < 4.78 is 7.35. The van der Waals surface area contributed by atoms with Gasteiger partial charge < -0.3 is 24.8 Å². The van der Waals surface area contributed by atoms with Crippen molar-refractivity contribution in [3.05, 3.63) is 36.9 Å². The molecule has 0 bridgehead atoms. The van der Waals surface area contributed by atoms with Gasteiger partial charge in [0.1, 0.15) is 5.75 Å². The average Bonchev–Trinajstić information content (AvgIpc) is 3.09. The summed E-state index contributed by atoms with van der Waals surface area (Å²) in [6, 6.07) is 4.92. The minimum Gasteiger partial charge on any atom is -0.481 e. The van der Waals surface area contributed by atoms with Crippen LogP contribution in [0.15, 0.2) is 36.9 Å². The van der Waals surface area contributed by atoms with Gasteiger partial charge in [-0.3, -0.25) is 4.79 Å². The first-order valence-electron chi connectivity index (χ1n) is 7.67. The van der Waals surface area contributed by atoms with Crippen LogP contribution >= 0.6 is 0 Å². The molecule has 0 atom stereocenters. The number of aryl methyl sites for hydroxylation is 1. The van der Waals surface area contributed by atoms with E-state index in [1.165, 1.54) is 0 Å². The zero-order valence-corrected chi connectivity index (χ0v) is 13.4. The van der Waals surface area contributed by atoms with E-state index >= 15 is 0 Å². The maximum absolute atomic E-state index is 11.9. The molecular formula is C16H19N5O3. The molecule has 2 heterocycles. The monoisotopic (exact) mass is 329 g/mol. The van der Waals surface area contributed by atoms with E-state index in [0.29, 0.717) is 23.7 Å². The first-order chi connectivity index (χ1) is 11.6. The van der Waals surface area contributed by atoms with Gasteiger partial charge in [0.05, 0.1) is 12.0 Å². The van der Waals surface area contributed by atoms with Crippen LogP contribution in [0.5, 0.6) is 5.75 Å². The van der Waals surface area contributed by atoms with E-state index in [9.17, 15) is 9.59 Å². The number of aromatic nitrogens is 2. The Kier molecular flexibility index (Phi) is 4.64. The standard InChI is InChI=1S/C16H19N5O3/c1-20-13-4-3-12(9-14(13)24-10-15(20)22)19-16(23)18-5-2-7-21-8-6-17-11-21/h3-4,6,8-9,11H,2,5,7,10H2,1H3,(H2,18,19,23). The topological polar surface area (TPSA) is 88.5 Å². The van der Waals surface area contributed by atoms with Crippen LogP contribution in [0.25, 0.3) is 0 Å². The van der Waals surface area contributed by atoms with E-state index in [4.69, 9.17) is 4.74 Å². The van der Waals surface area contributed by atoms with Gasteiger partial charge in [-0.15, -0.1) is 0 Å². The Bertz CT molecular complexity index is 729. The van der Waals surface area contributed by atoms with Gasteiger partial charge in [0.15, 0.2) is 6.61 Å². The number of hydrogen-bond acceptors (Lipinski definition) is 4. The van der Waals surface area contributed by atoms with Crippen LogP contribution in [-0.4, -0.2) is 41.7 Å². The van der Waals surface area contributed by atoms with E-state index in [1.54, 1.807) is 42.7 Å². The number of fused-ring (bicyclic) bond motifs is 1. The summed E-state index contributed by atoms with van der Waals surface area (Å²) in [7, 11) is 1.70. The summed E-state index contributed by atoms with van der Waals surface area (Å²) in [5, 5.41) is 5.56. The van der Waals surface area contributed by atoms with Gasteiger partial charge in [0.25, 0.3) is 5.91 Å². The largest absolute Gasteiger partial charge is 0.481 e. The number of carbonyl (C=O) groups excluding carboxylic acids is 2. The van der Waals surface area contributed by atoms with Crippen molar-refractivity contribution in [2.75, 3.05) is 30.4 Å². The molecule has 2 aromatic rings. The predicted octanol–water partition coefficient (Wildman–Crippen LogP) is 1.45. The molecule has 126 valence electrons. The van der Waals surface area contributed by atoms with Crippen LogP contribution in [0.1, 0.15) is 6.42 Å². The number of carbonyl (C=O) groups is 2. The summed E-state index contributed by atoms with van der Waals surface area (Å²) in [5.41, 5.74) is 1.31. The molecule has 1 aliphatic rings. The highest BCUT2D eigenvalue weighted by atomic mass is 16.5. The highest BCUT2D eigenvalue weighted by Gasteiger charge is 2.22. The molecule has 0 radical (unpaired) electrons. The normalized spacial score (nSPS) is 13.2. The van der Waals surface area contributed by atoms with Crippen molar-refractivity contribution in [1.29, 1.82) is 0 Å². The molecule has 0 saturated carbocycles. The molecule has 1 aromatic carbocycles. The molecule has 3 rings (SSSR count). The molecule has 1 aliphatic heterocycles. The van der Waals surface area contributed by atoms with Crippen molar-refractivity contribution in [1.82, 2.24) is 14.9 Å². The Morgan fingerprint density at radius 1 is 1.42 bits per heavy atom. The highest BCUT2D eigenvalue weighted by molar-refractivity contribution is 5.98. The smallest absolute Gasteiger partial charge is 0.319 e. The van der Waals surface area contributed by atoms with Crippen LogP contribution in [0.2, 0.25) is 0 Å². The number of nitrogens with one attached hydrogen (secondary N) is 2. The molecule has 1 aromatic heterocycles. The second-order valence-electron chi connectivity index (χ2n) is 5.46. The van der Waals surface area contributed by atoms with Crippen LogP contribution in [0, 0.1) is 0 Å². The number of likely N-dealkylation sites (N-methyl/N-ethyl adjacent to an activating group) is 1. The number of nitrogens with zero attached hydrogens (tertiary/aromatic N) is 3. The number of amides is 3. The van der Waals surface area contributed by atoms with Gasteiger partial charge in [0.2, 0.25) is 0 Å². The highest BCUT2D eigenvalue weighted by Crippen LogP contribution is 2.33. The first-order valence-corrected chi connectivity index (χ1v) is 7.67. The molecule has 0 spiro atoms. The minimum absolute atomic E-state index is 0.00734. The van der Waals surface area contributed by atoms with Crippen molar-refractivity contribution in [3.8, 4) is 5.75 Å². The van der Waals surface area contributed by atoms with E-state index < -0.39 is 0 Å². The lowest BCUT2D eigenvalue weighted by molar-refractivity contribution is -0.120. The zero-order chi connectivity index (χ0) is 16.9. The molecule has 3 amide bonds. The zero-order valence-electron chi connectivity index (χ0n) is 13.4. The summed E-state index contributed by atoms with van der Waals surface area (Å²) in [4.78, 5) is 29.0. The van der Waals surface area contributed by atoms with Gasteiger partial charge in [-0.1, -0.05) is 0 Å². The Morgan fingerprint density at radius 3 is 3.08 bits per heavy atom. The van der Waals surface area contributed by atoms with Crippen molar-refractivity contribution in [2.24, 2.45) is 0 Å². The molecule has 24 heavy (non-hydrogen) atoms. The lowest BCUT2D eigenvalue weighted by Crippen LogP contribution is -2.35. The van der Waals surface area contributed by atoms with Gasteiger partial charge >= 0.3 is 6.03 Å². The van der Waals surface area contributed by atoms with Gasteiger partial charge in [-0.05, 0) is 18.6 Å². The summed E-state index contributed by atoms with van der Waals surface area (Å²) >= 11 is 0. The second kappa shape index (κ2) is 7.03. The van der Waals surface area contributed by atoms with Crippen LogP contribution in [0.3, 0.4) is 0 Å². The SMILES string of the molecule is CN1C(=O)COc2cc(NC(=O)NCCCn3ccnc3)ccc21. The number of rotatable bonds is 5. The van der Waals surface area contributed by atoms with Crippen molar-refractivity contribution >= 4 is 23.3 Å². The lowest BCUT2D eigenvalue weighted by atomic mass is 10.2. The molecule has 2 N–H and O–H groups in total. The number of imidazole rings is 1. The third-order valence-corrected chi connectivity index (χ3v) is 3.74. The number of urea groups is 1. The summed E-state index contributed by atoms with van der Waals surface area (Å²) in [5.74, 6) is 0.480. The number of anilines is 2.